The average Bonchev–Trinajstić information content (AvgIpc) is 2.92. The number of ketones is 2. The highest BCUT2D eigenvalue weighted by atomic mass is 32.2. The molecule has 1 aromatic carbocycles. The molecule has 0 saturated carbocycles. The van der Waals surface area contributed by atoms with E-state index in [4.69, 9.17) is 4.42 Å². The zero-order chi connectivity index (χ0) is 13.0. The Bertz CT molecular complexity index is 541. The fourth-order valence-electron chi connectivity index (χ4n) is 1.55. The van der Waals surface area contributed by atoms with E-state index in [9.17, 15) is 9.59 Å². The minimum Gasteiger partial charge on any atom is -0.461 e. The molecule has 1 heterocycles. The van der Waals surface area contributed by atoms with Gasteiger partial charge < -0.3 is 4.42 Å². The monoisotopic (exact) mass is 260 g/mol. The predicted octanol–water partition coefficient (Wildman–Crippen LogP) is 3.46. The normalized spacial score (nSPS) is 10.3. The van der Waals surface area contributed by atoms with Crippen LogP contribution in [0.4, 0.5) is 0 Å². The maximum atomic E-state index is 11.9. The first-order chi connectivity index (χ1) is 8.70. The first kappa shape index (κ1) is 12.6. The molecule has 2 rings (SSSR count). The second kappa shape index (κ2) is 5.69. The lowest BCUT2D eigenvalue weighted by molar-refractivity contribution is 0.0878. The minimum atomic E-state index is -0.293. The van der Waals surface area contributed by atoms with Crippen molar-refractivity contribution in [1.82, 2.24) is 0 Å². The Morgan fingerprint density at radius 1 is 1.11 bits per heavy atom. The summed E-state index contributed by atoms with van der Waals surface area (Å²) in [6, 6.07) is 10.4. The van der Waals surface area contributed by atoms with E-state index in [1.165, 1.54) is 6.26 Å². The third kappa shape index (κ3) is 2.90. The molecule has 0 unspecified atom stereocenters. The quantitative estimate of drug-likeness (QED) is 0.469. The number of benzene rings is 1. The van der Waals surface area contributed by atoms with Crippen LogP contribution in [0.5, 0.6) is 0 Å². The van der Waals surface area contributed by atoms with Gasteiger partial charge in [0.15, 0.2) is 11.5 Å². The van der Waals surface area contributed by atoms with Crippen molar-refractivity contribution in [2.24, 2.45) is 0 Å². The summed E-state index contributed by atoms with van der Waals surface area (Å²) in [5.74, 6) is -0.257. The first-order valence-electron chi connectivity index (χ1n) is 5.44. The van der Waals surface area contributed by atoms with Crippen LogP contribution in [0, 0.1) is 0 Å². The first-order valence-corrected chi connectivity index (χ1v) is 6.67. The summed E-state index contributed by atoms with van der Waals surface area (Å²) < 4.78 is 4.96. The minimum absolute atomic E-state index is 0.161. The highest BCUT2D eigenvalue weighted by molar-refractivity contribution is 7.98. The number of rotatable bonds is 5. The molecule has 0 atom stereocenters. The molecule has 0 aliphatic carbocycles. The Morgan fingerprint density at radius 2 is 1.83 bits per heavy atom. The third-order valence-electron chi connectivity index (χ3n) is 2.53. The Hall–Kier alpha value is -1.81. The molecule has 0 spiro atoms. The summed E-state index contributed by atoms with van der Waals surface area (Å²) in [7, 11) is 0. The van der Waals surface area contributed by atoms with Crippen molar-refractivity contribution in [1.29, 1.82) is 0 Å². The molecule has 0 aliphatic rings. The molecular formula is C14H12O3S. The van der Waals surface area contributed by atoms with Crippen LogP contribution in [-0.2, 0) is 0 Å². The van der Waals surface area contributed by atoms with Crippen LogP contribution in [-0.4, -0.2) is 17.8 Å². The number of furan rings is 1. The second-order valence-corrected chi connectivity index (χ2v) is 4.61. The van der Waals surface area contributed by atoms with Gasteiger partial charge in [-0.15, -0.1) is 11.8 Å². The standard InChI is InChI=1S/C14H12O3S/c1-18-11-6-4-10(5-7-11)12(15)9-13(16)14-3-2-8-17-14/h2-8H,9H2,1H3. The molecular weight excluding hydrogens is 248 g/mol. The zero-order valence-corrected chi connectivity index (χ0v) is 10.7. The molecule has 92 valence electrons. The molecule has 18 heavy (non-hydrogen) atoms. The molecule has 4 heteroatoms. The SMILES string of the molecule is CSc1ccc(C(=O)CC(=O)c2ccco2)cc1. The number of carbonyl (C=O) groups is 2. The predicted molar refractivity (Wildman–Crippen MR) is 70.2 cm³/mol. The summed E-state index contributed by atoms with van der Waals surface area (Å²) in [6.45, 7) is 0. The van der Waals surface area contributed by atoms with Crippen LogP contribution >= 0.6 is 11.8 Å². The van der Waals surface area contributed by atoms with Crippen LogP contribution in [0.25, 0.3) is 0 Å². The lowest BCUT2D eigenvalue weighted by Crippen LogP contribution is -2.07. The van der Waals surface area contributed by atoms with Gasteiger partial charge in [-0.05, 0) is 30.5 Å². The molecule has 2 aromatic rings. The molecule has 3 nitrogen and oxygen atoms in total. The highest BCUT2D eigenvalue weighted by Crippen LogP contribution is 2.16. The van der Waals surface area contributed by atoms with E-state index < -0.39 is 0 Å². The Labute approximate surface area is 109 Å². The van der Waals surface area contributed by atoms with Gasteiger partial charge in [0.1, 0.15) is 0 Å². The van der Waals surface area contributed by atoms with Crippen molar-refractivity contribution in [3.05, 3.63) is 54.0 Å². The Balaban J connectivity index is 2.05. The molecule has 0 bridgehead atoms. The Morgan fingerprint density at radius 3 is 2.39 bits per heavy atom. The summed E-state index contributed by atoms with van der Waals surface area (Å²) in [5.41, 5.74) is 0.549. The van der Waals surface area contributed by atoms with Gasteiger partial charge >= 0.3 is 0 Å². The topological polar surface area (TPSA) is 47.3 Å². The molecule has 0 aliphatic heterocycles. The van der Waals surface area contributed by atoms with Gasteiger partial charge in [-0.25, -0.2) is 0 Å². The van der Waals surface area contributed by atoms with Gasteiger partial charge in [-0.3, -0.25) is 9.59 Å². The fourth-order valence-corrected chi connectivity index (χ4v) is 1.96. The third-order valence-corrected chi connectivity index (χ3v) is 3.27. The zero-order valence-electron chi connectivity index (χ0n) is 9.88. The van der Waals surface area contributed by atoms with Crippen LogP contribution < -0.4 is 0 Å². The largest absolute Gasteiger partial charge is 0.461 e. The maximum absolute atomic E-state index is 11.9. The van der Waals surface area contributed by atoms with Gasteiger partial charge in [0.25, 0.3) is 0 Å². The van der Waals surface area contributed by atoms with E-state index in [-0.39, 0.29) is 23.7 Å². The maximum Gasteiger partial charge on any atom is 0.205 e. The van der Waals surface area contributed by atoms with Crippen molar-refractivity contribution in [3.8, 4) is 0 Å². The summed E-state index contributed by atoms with van der Waals surface area (Å²) in [4.78, 5) is 24.7. The van der Waals surface area contributed by atoms with Crippen molar-refractivity contribution in [2.45, 2.75) is 11.3 Å². The smallest absolute Gasteiger partial charge is 0.205 e. The van der Waals surface area contributed by atoms with Gasteiger partial charge in [0.05, 0.1) is 12.7 Å². The number of hydrogen-bond acceptors (Lipinski definition) is 4. The van der Waals surface area contributed by atoms with Crippen LogP contribution in [0.3, 0.4) is 0 Å². The summed E-state index contributed by atoms with van der Waals surface area (Å²) >= 11 is 1.61. The van der Waals surface area contributed by atoms with Crippen molar-refractivity contribution < 1.29 is 14.0 Å². The van der Waals surface area contributed by atoms with E-state index >= 15 is 0 Å². The van der Waals surface area contributed by atoms with Gasteiger partial charge in [-0.1, -0.05) is 12.1 Å². The fraction of sp³-hybridized carbons (Fsp3) is 0.143. The average molecular weight is 260 g/mol. The number of hydrogen-bond donors (Lipinski definition) is 0. The van der Waals surface area contributed by atoms with Crippen LogP contribution in [0.15, 0.2) is 52.0 Å². The number of thioether (sulfide) groups is 1. The van der Waals surface area contributed by atoms with Gasteiger partial charge in [0.2, 0.25) is 5.78 Å². The second-order valence-electron chi connectivity index (χ2n) is 3.73. The van der Waals surface area contributed by atoms with Gasteiger partial charge in [-0.2, -0.15) is 0 Å². The van der Waals surface area contributed by atoms with Crippen molar-refractivity contribution in [2.75, 3.05) is 6.26 Å². The Kier molecular flexibility index (Phi) is 3.99. The van der Waals surface area contributed by atoms with Gasteiger partial charge in [0, 0.05) is 10.5 Å². The molecule has 1 aromatic heterocycles. The van der Waals surface area contributed by atoms with E-state index in [0.717, 1.165) is 4.90 Å². The summed E-state index contributed by atoms with van der Waals surface area (Å²) in [6.07, 6.45) is 3.23. The lowest BCUT2D eigenvalue weighted by atomic mass is 10.1. The van der Waals surface area contributed by atoms with E-state index in [1.807, 2.05) is 18.4 Å². The van der Waals surface area contributed by atoms with Crippen molar-refractivity contribution >= 4 is 23.3 Å². The van der Waals surface area contributed by atoms with Crippen LogP contribution in [0.1, 0.15) is 27.3 Å². The van der Waals surface area contributed by atoms with Crippen molar-refractivity contribution in [3.63, 3.8) is 0 Å². The lowest BCUT2D eigenvalue weighted by Gasteiger charge is -2.01. The molecule has 0 amide bonds. The highest BCUT2D eigenvalue weighted by Gasteiger charge is 2.15. The molecule has 0 radical (unpaired) electrons. The van der Waals surface area contributed by atoms with Crippen LogP contribution in [0.2, 0.25) is 0 Å². The van der Waals surface area contributed by atoms with E-state index in [2.05, 4.69) is 0 Å². The number of carbonyl (C=O) groups excluding carboxylic acids is 2. The molecule has 0 N–H and O–H groups in total. The summed E-state index contributed by atoms with van der Waals surface area (Å²) in [5, 5.41) is 0. The van der Waals surface area contributed by atoms with E-state index in [0.29, 0.717) is 5.56 Å². The number of Topliss-reactive ketones (excluding diaryl/α,β-unsaturated/α-hetero) is 2. The van der Waals surface area contributed by atoms with E-state index in [1.54, 1.807) is 36.0 Å². The molecule has 0 saturated heterocycles. The molecule has 0 fully saturated rings.